The fourth-order valence-electron chi connectivity index (χ4n) is 4.12. The number of fused-ring (bicyclic) bond motifs is 1. The lowest BCUT2D eigenvalue weighted by Crippen LogP contribution is -2.34. The largest absolute Gasteiger partial charge is 0.443 e. The highest BCUT2D eigenvalue weighted by molar-refractivity contribution is 7.94. The van der Waals surface area contributed by atoms with E-state index in [4.69, 9.17) is 13.7 Å². The predicted octanol–water partition coefficient (Wildman–Crippen LogP) is 6.07. The molecule has 2 atom stereocenters. The first-order valence-corrected chi connectivity index (χ1v) is 12.7. The van der Waals surface area contributed by atoms with Crippen LogP contribution in [0.5, 0.6) is 0 Å². The Morgan fingerprint density at radius 3 is 2.66 bits per heavy atom. The molecule has 0 N–H and O–H groups in total. The standard InChI is InChI=1S/C26H34N4O4S/c1-7-18-14-21-23(29(6)25(31)34-26(3,4)5)27-16-28-24(21)30(18)22-13-10-19(33-22)15-32-35-20-11-8-17(2)9-12-20/h8-9,11-12,14,16,19,22H,7,10,13,15H2,1-6H3. The van der Waals surface area contributed by atoms with Crippen LogP contribution in [-0.2, 0) is 20.1 Å². The summed E-state index contributed by atoms with van der Waals surface area (Å²) in [6.45, 7) is 10.2. The van der Waals surface area contributed by atoms with Crippen molar-refractivity contribution in [2.45, 2.75) is 76.7 Å². The minimum atomic E-state index is -0.593. The van der Waals surface area contributed by atoms with Crippen molar-refractivity contribution in [1.29, 1.82) is 0 Å². The molecule has 9 heteroatoms. The maximum Gasteiger partial charge on any atom is 0.415 e. The first-order valence-electron chi connectivity index (χ1n) is 12.0. The van der Waals surface area contributed by atoms with Crippen LogP contribution in [0.4, 0.5) is 10.6 Å². The molecule has 1 saturated heterocycles. The molecule has 35 heavy (non-hydrogen) atoms. The molecule has 1 aliphatic heterocycles. The Bertz CT molecular complexity index is 1170. The number of anilines is 1. The summed E-state index contributed by atoms with van der Waals surface area (Å²) < 4.78 is 19.9. The average molecular weight is 499 g/mol. The van der Waals surface area contributed by atoms with Crippen molar-refractivity contribution in [2.24, 2.45) is 0 Å². The third-order valence-electron chi connectivity index (χ3n) is 5.84. The number of aryl methyl sites for hydroxylation is 2. The monoisotopic (exact) mass is 498 g/mol. The van der Waals surface area contributed by atoms with Gasteiger partial charge in [0.15, 0.2) is 5.82 Å². The molecule has 0 aliphatic carbocycles. The molecule has 0 spiro atoms. The highest BCUT2D eigenvalue weighted by Gasteiger charge is 2.31. The van der Waals surface area contributed by atoms with Gasteiger partial charge < -0.3 is 18.2 Å². The number of benzene rings is 1. The second-order valence-corrected chi connectivity index (χ2v) is 10.7. The molecule has 8 nitrogen and oxygen atoms in total. The van der Waals surface area contributed by atoms with Crippen LogP contribution in [0.3, 0.4) is 0 Å². The molecular weight excluding hydrogens is 464 g/mol. The summed E-state index contributed by atoms with van der Waals surface area (Å²) in [6, 6.07) is 10.3. The van der Waals surface area contributed by atoms with Gasteiger partial charge in [-0.1, -0.05) is 24.6 Å². The zero-order valence-electron chi connectivity index (χ0n) is 21.3. The van der Waals surface area contributed by atoms with Crippen molar-refractivity contribution in [3.05, 3.63) is 47.9 Å². The Morgan fingerprint density at radius 1 is 1.23 bits per heavy atom. The van der Waals surface area contributed by atoms with E-state index in [1.807, 2.05) is 26.8 Å². The minimum absolute atomic E-state index is 0.00542. The summed E-state index contributed by atoms with van der Waals surface area (Å²) in [5.74, 6) is 0.519. The molecule has 1 aromatic carbocycles. The van der Waals surface area contributed by atoms with Gasteiger partial charge in [0.1, 0.15) is 23.8 Å². The van der Waals surface area contributed by atoms with E-state index < -0.39 is 11.7 Å². The number of carbonyl (C=O) groups is 1. The second kappa shape index (κ2) is 10.6. The smallest absolute Gasteiger partial charge is 0.415 e. The predicted molar refractivity (Wildman–Crippen MR) is 138 cm³/mol. The molecule has 1 aliphatic rings. The Hall–Kier alpha value is -2.62. The zero-order chi connectivity index (χ0) is 25.2. The first kappa shape index (κ1) is 25.5. The fraction of sp³-hybridized carbons (Fsp3) is 0.500. The molecule has 0 saturated carbocycles. The van der Waals surface area contributed by atoms with Crippen LogP contribution < -0.4 is 4.90 Å². The van der Waals surface area contributed by atoms with Gasteiger partial charge in [0.05, 0.1) is 18.1 Å². The van der Waals surface area contributed by atoms with Crippen LogP contribution >= 0.6 is 12.0 Å². The van der Waals surface area contributed by atoms with E-state index in [1.54, 1.807) is 7.05 Å². The van der Waals surface area contributed by atoms with E-state index in [0.29, 0.717) is 12.4 Å². The maximum absolute atomic E-state index is 12.7. The van der Waals surface area contributed by atoms with Gasteiger partial charge in [-0.25, -0.2) is 14.8 Å². The van der Waals surface area contributed by atoms with Gasteiger partial charge >= 0.3 is 6.09 Å². The molecule has 2 unspecified atom stereocenters. The van der Waals surface area contributed by atoms with Crippen LogP contribution in [0.25, 0.3) is 11.0 Å². The van der Waals surface area contributed by atoms with Gasteiger partial charge in [-0.3, -0.25) is 4.90 Å². The van der Waals surface area contributed by atoms with Crippen LogP contribution in [0, 0.1) is 6.92 Å². The first-order chi connectivity index (χ1) is 16.7. The lowest BCUT2D eigenvalue weighted by Gasteiger charge is -2.24. The van der Waals surface area contributed by atoms with E-state index >= 15 is 0 Å². The Balaban J connectivity index is 1.48. The van der Waals surface area contributed by atoms with Gasteiger partial charge in [-0.05, 0) is 65.2 Å². The molecule has 4 rings (SSSR count). The van der Waals surface area contributed by atoms with E-state index in [1.165, 1.54) is 28.8 Å². The van der Waals surface area contributed by atoms with Crippen molar-refractivity contribution >= 4 is 35.0 Å². The lowest BCUT2D eigenvalue weighted by molar-refractivity contribution is -0.0137. The molecule has 3 heterocycles. The van der Waals surface area contributed by atoms with Gasteiger partial charge in [0.25, 0.3) is 0 Å². The van der Waals surface area contributed by atoms with Crippen molar-refractivity contribution in [1.82, 2.24) is 14.5 Å². The number of aromatic nitrogens is 3. The number of amides is 1. The van der Waals surface area contributed by atoms with E-state index in [2.05, 4.69) is 52.6 Å². The summed E-state index contributed by atoms with van der Waals surface area (Å²) in [7, 11) is 1.67. The summed E-state index contributed by atoms with van der Waals surface area (Å²) in [5.41, 5.74) is 2.47. The maximum atomic E-state index is 12.7. The Kier molecular flexibility index (Phi) is 7.68. The van der Waals surface area contributed by atoms with Crippen LogP contribution in [0.2, 0.25) is 0 Å². The van der Waals surface area contributed by atoms with Gasteiger partial charge in [0, 0.05) is 29.7 Å². The van der Waals surface area contributed by atoms with Crippen molar-refractivity contribution in [3.8, 4) is 0 Å². The van der Waals surface area contributed by atoms with Crippen molar-refractivity contribution < 1.29 is 18.5 Å². The number of hydrogen-bond acceptors (Lipinski definition) is 7. The molecule has 2 aromatic heterocycles. The van der Waals surface area contributed by atoms with Gasteiger partial charge in [-0.2, -0.15) is 0 Å². The van der Waals surface area contributed by atoms with Gasteiger partial charge in [-0.15, -0.1) is 0 Å². The zero-order valence-corrected chi connectivity index (χ0v) is 22.1. The molecular formula is C26H34N4O4S. The van der Waals surface area contributed by atoms with Crippen LogP contribution in [0.15, 0.2) is 41.6 Å². The molecule has 0 bridgehead atoms. The number of nitrogens with zero attached hydrogens (tertiary/aromatic N) is 4. The van der Waals surface area contributed by atoms with Crippen molar-refractivity contribution in [3.63, 3.8) is 0 Å². The quantitative estimate of drug-likeness (QED) is 0.366. The fourth-order valence-corrected chi connectivity index (χ4v) is 4.72. The normalized spacial score (nSPS) is 18.2. The molecule has 188 valence electrons. The SMILES string of the molecule is CCc1cc2c(N(C)C(=O)OC(C)(C)C)ncnc2n1C1CCC(COSc2ccc(C)cc2)O1. The van der Waals surface area contributed by atoms with E-state index in [9.17, 15) is 4.79 Å². The summed E-state index contributed by atoms with van der Waals surface area (Å²) >= 11 is 1.38. The summed E-state index contributed by atoms with van der Waals surface area (Å²) in [6.07, 6.45) is 3.46. The second-order valence-electron chi connectivity index (χ2n) is 9.80. The van der Waals surface area contributed by atoms with Crippen LogP contribution in [0.1, 0.15) is 58.0 Å². The third-order valence-corrected chi connectivity index (χ3v) is 6.56. The Labute approximate surface area is 211 Å². The summed E-state index contributed by atoms with van der Waals surface area (Å²) in [5, 5.41) is 0.802. The molecule has 3 aromatic rings. The summed E-state index contributed by atoms with van der Waals surface area (Å²) in [4.78, 5) is 24.2. The molecule has 1 fully saturated rings. The number of hydrogen-bond donors (Lipinski definition) is 0. The third kappa shape index (κ3) is 5.97. The number of rotatable bonds is 7. The number of carbonyl (C=O) groups excluding carboxylic acids is 1. The molecule has 0 radical (unpaired) electrons. The van der Waals surface area contributed by atoms with Crippen LogP contribution in [-0.4, -0.2) is 46.0 Å². The highest BCUT2D eigenvalue weighted by atomic mass is 32.2. The van der Waals surface area contributed by atoms with Crippen molar-refractivity contribution in [2.75, 3.05) is 18.6 Å². The topological polar surface area (TPSA) is 78.7 Å². The van der Waals surface area contributed by atoms with E-state index in [0.717, 1.165) is 40.9 Å². The molecule has 1 amide bonds. The van der Waals surface area contributed by atoms with E-state index in [-0.39, 0.29) is 12.3 Å². The average Bonchev–Trinajstić information content (AvgIpc) is 3.42. The highest BCUT2D eigenvalue weighted by Crippen LogP contribution is 2.36. The number of ether oxygens (including phenoxy) is 2. The van der Waals surface area contributed by atoms with Gasteiger partial charge in [0.2, 0.25) is 0 Å². The minimum Gasteiger partial charge on any atom is -0.443 e. The Morgan fingerprint density at radius 2 is 1.97 bits per heavy atom. The lowest BCUT2D eigenvalue weighted by atomic mass is 10.2.